The average molecular weight is 398 g/mol. The minimum atomic E-state index is -0.360. The van der Waals surface area contributed by atoms with Gasteiger partial charge in [-0.05, 0) is 35.9 Å². The Kier molecular flexibility index (Phi) is 6.00. The van der Waals surface area contributed by atoms with Crippen LogP contribution in [0.15, 0.2) is 57.9 Å². The van der Waals surface area contributed by atoms with E-state index in [4.69, 9.17) is 4.74 Å². The fourth-order valence-electron chi connectivity index (χ4n) is 2.61. The van der Waals surface area contributed by atoms with E-state index in [0.717, 1.165) is 5.56 Å². The molecule has 1 heterocycles. The molecule has 3 rings (SSSR count). The fraction of sp³-hybridized carbons (Fsp3) is 0.150. The first-order valence-electron chi connectivity index (χ1n) is 8.41. The zero-order valence-corrected chi connectivity index (χ0v) is 16.5. The third-order valence-electron chi connectivity index (χ3n) is 3.87. The number of rotatable bonds is 5. The smallest absolute Gasteiger partial charge is 0.221 e. The summed E-state index contributed by atoms with van der Waals surface area (Å²) in [6.45, 7) is 1.46. The molecule has 0 aliphatic heterocycles. The number of carbonyl (C=O) groups excluding carboxylic acids is 1. The number of ether oxygens (including phenoxy) is 1. The van der Waals surface area contributed by atoms with Crippen molar-refractivity contribution < 1.29 is 13.9 Å². The first-order valence-corrected chi connectivity index (χ1v) is 9.29. The van der Waals surface area contributed by atoms with E-state index < -0.39 is 0 Å². The van der Waals surface area contributed by atoms with E-state index in [1.165, 1.54) is 30.4 Å². The van der Waals surface area contributed by atoms with Crippen LogP contribution in [0.3, 0.4) is 0 Å². The summed E-state index contributed by atoms with van der Waals surface area (Å²) in [5, 5.41) is 9.10. The Hall–Kier alpha value is -3.26. The minimum absolute atomic E-state index is 0.127. The second-order valence-electron chi connectivity index (χ2n) is 5.83. The highest BCUT2D eigenvalue weighted by Gasteiger charge is 2.13. The number of aromatic nitrogens is 1. The lowest BCUT2D eigenvalue weighted by Gasteiger charge is -2.09. The lowest BCUT2D eigenvalue weighted by atomic mass is 10.1. The van der Waals surface area contributed by atoms with Gasteiger partial charge in [-0.2, -0.15) is 5.10 Å². The number of halogens is 1. The van der Waals surface area contributed by atoms with Gasteiger partial charge in [-0.1, -0.05) is 12.1 Å². The number of hydrogen-bond acceptors (Lipinski definition) is 5. The van der Waals surface area contributed by atoms with Gasteiger partial charge in [-0.25, -0.2) is 9.07 Å². The molecule has 1 aromatic heterocycles. The first kappa shape index (κ1) is 19.5. The maximum atomic E-state index is 13.8. The predicted molar refractivity (Wildman–Crippen MR) is 109 cm³/mol. The average Bonchev–Trinajstić information content (AvgIpc) is 3.09. The number of nitrogens with zero attached hydrogens (tertiary/aromatic N) is 3. The largest absolute Gasteiger partial charge is 0.496 e. The number of carbonyl (C=O) groups is 1. The van der Waals surface area contributed by atoms with E-state index in [0.29, 0.717) is 27.5 Å². The molecule has 8 heteroatoms. The zero-order chi connectivity index (χ0) is 20.1. The predicted octanol–water partition coefficient (Wildman–Crippen LogP) is 3.74. The molecule has 0 saturated heterocycles. The molecular weight excluding hydrogens is 379 g/mol. The standard InChI is InChI=1S/C20H19FN4O2S/c1-13(26)24-16-7-4-14(5-8-16)11-23-25-18(12-28-20(25)22-2)17-10-15(21)6-9-19(17)27-3/h4-12H,1-3H3,(H,24,26)/b22-20?,23-11-. The summed E-state index contributed by atoms with van der Waals surface area (Å²) < 4.78 is 20.8. The van der Waals surface area contributed by atoms with Gasteiger partial charge in [-0.15, -0.1) is 11.3 Å². The zero-order valence-electron chi connectivity index (χ0n) is 15.6. The molecule has 1 N–H and O–H groups in total. The molecule has 0 radical (unpaired) electrons. The molecule has 6 nitrogen and oxygen atoms in total. The van der Waals surface area contributed by atoms with Crippen molar-refractivity contribution in [1.29, 1.82) is 0 Å². The van der Waals surface area contributed by atoms with Gasteiger partial charge in [0.05, 0.1) is 19.0 Å². The lowest BCUT2D eigenvalue weighted by molar-refractivity contribution is -0.114. The van der Waals surface area contributed by atoms with Crippen molar-refractivity contribution in [2.75, 3.05) is 19.5 Å². The highest BCUT2D eigenvalue weighted by molar-refractivity contribution is 7.07. The number of benzene rings is 2. The summed E-state index contributed by atoms with van der Waals surface area (Å²) in [6.07, 6.45) is 1.67. The van der Waals surface area contributed by atoms with Gasteiger partial charge in [0, 0.05) is 30.6 Å². The number of thiazole rings is 1. The number of hydrogen-bond donors (Lipinski definition) is 1. The molecule has 0 fully saturated rings. The normalized spacial score (nSPS) is 11.8. The fourth-order valence-corrected chi connectivity index (χ4v) is 3.40. The third-order valence-corrected chi connectivity index (χ3v) is 4.77. The van der Waals surface area contributed by atoms with E-state index in [1.54, 1.807) is 43.2 Å². The minimum Gasteiger partial charge on any atom is -0.496 e. The summed E-state index contributed by atoms with van der Waals surface area (Å²) in [5.41, 5.74) is 2.81. The van der Waals surface area contributed by atoms with Crippen molar-refractivity contribution >= 4 is 29.1 Å². The molecule has 2 aromatic carbocycles. The van der Waals surface area contributed by atoms with Crippen molar-refractivity contribution in [3.63, 3.8) is 0 Å². The summed E-state index contributed by atoms with van der Waals surface area (Å²) >= 11 is 1.40. The molecule has 0 aliphatic carbocycles. The van der Waals surface area contributed by atoms with E-state index in [1.807, 2.05) is 17.5 Å². The van der Waals surface area contributed by atoms with Gasteiger partial charge < -0.3 is 10.1 Å². The van der Waals surface area contributed by atoms with Crippen molar-refractivity contribution in [3.8, 4) is 17.0 Å². The highest BCUT2D eigenvalue weighted by Crippen LogP contribution is 2.31. The maximum absolute atomic E-state index is 13.8. The molecule has 144 valence electrons. The van der Waals surface area contributed by atoms with Crippen LogP contribution in [0, 0.1) is 5.82 Å². The number of amides is 1. The molecule has 0 unspecified atom stereocenters. The molecule has 28 heavy (non-hydrogen) atoms. The van der Waals surface area contributed by atoms with Crippen LogP contribution in [0.1, 0.15) is 12.5 Å². The van der Waals surface area contributed by atoms with Gasteiger partial charge in [-0.3, -0.25) is 9.79 Å². The second-order valence-corrected chi connectivity index (χ2v) is 6.67. The van der Waals surface area contributed by atoms with E-state index >= 15 is 0 Å². The summed E-state index contributed by atoms with van der Waals surface area (Å²) in [5.74, 6) is 0.0599. The quantitative estimate of drug-likeness (QED) is 0.666. The van der Waals surface area contributed by atoms with Gasteiger partial charge in [0.25, 0.3) is 0 Å². The van der Waals surface area contributed by atoms with Crippen LogP contribution in [0.5, 0.6) is 5.75 Å². The van der Waals surface area contributed by atoms with Gasteiger partial charge in [0.2, 0.25) is 10.7 Å². The Balaban J connectivity index is 1.99. The van der Waals surface area contributed by atoms with Crippen LogP contribution in [0.2, 0.25) is 0 Å². The Morgan fingerprint density at radius 1 is 1.25 bits per heavy atom. The molecule has 0 aliphatic rings. The first-order chi connectivity index (χ1) is 13.5. The topological polar surface area (TPSA) is 68.0 Å². The number of methoxy groups -OCH3 is 1. The van der Waals surface area contributed by atoms with Gasteiger partial charge >= 0.3 is 0 Å². The van der Waals surface area contributed by atoms with Gasteiger partial charge in [0.15, 0.2) is 0 Å². The summed E-state index contributed by atoms with van der Waals surface area (Å²) in [6, 6.07) is 11.6. The van der Waals surface area contributed by atoms with Crippen molar-refractivity contribution in [2.24, 2.45) is 10.1 Å². The van der Waals surface area contributed by atoms with Crippen molar-refractivity contribution in [1.82, 2.24) is 4.68 Å². The Morgan fingerprint density at radius 2 is 2.00 bits per heavy atom. The Labute approximate surface area is 165 Å². The lowest BCUT2D eigenvalue weighted by Crippen LogP contribution is -2.12. The Morgan fingerprint density at radius 3 is 2.64 bits per heavy atom. The van der Waals surface area contributed by atoms with Crippen LogP contribution < -0.4 is 14.9 Å². The number of nitrogens with one attached hydrogen (secondary N) is 1. The SMILES string of the molecule is CN=c1scc(-c2cc(F)ccc2OC)n1/N=C\c1ccc(NC(C)=O)cc1. The molecule has 0 atom stereocenters. The highest BCUT2D eigenvalue weighted by atomic mass is 32.1. The Bertz CT molecular complexity index is 1080. The molecule has 0 bridgehead atoms. The van der Waals surface area contributed by atoms with Crippen LogP contribution in [0.25, 0.3) is 11.3 Å². The van der Waals surface area contributed by atoms with Crippen LogP contribution >= 0.6 is 11.3 Å². The third kappa shape index (κ3) is 4.34. The molecule has 1 amide bonds. The van der Waals surface area contributed by atoms with E-state index in [2.05, 4.69) is 15.4 Å². The maximum Gasteiger partial charge on any atom is 0.221 e. The molecule has 0 spiro atoms. The van der Waals surface area contributed by atoms with E-state index in [9.17, 15) is 9.18 Å². The van der Waals surface area contributed by atoms with Crippen molar-refractivity contribution in [2.45, 2.75) is 6.92 Å². The van der Waals surface area contributed by atoms with E-state index in [-0.39, 0.29) is 11.7 Å². The number of anilines is 1. The second kappa shape index (κ2) is 8.62. The van der Waals surface area contributed by atoms with Gasteiger partial charge in [0.1, 0.15) is 11.6 Å². The van der Waals surface area contributed by atoms with Crippen LogP contribution in [-0.4, -0.2) is 31.0 Å². The van der Waals surface area contributed by atoms with Crippen molar-refractivity contribution in [3.05, 3.63) is 64.0 Å². The summed E-state index contributed by atoms with van der Waals surface area (Å²) in [7, 11) is 3.21. The van der Waals surface area contributed by atoms with Crippen LogP contribution in [-0.2, 0) is 4.79 Å². The monoisotopic (exact) mass is 398 g/mol. The molecule has 3 aromatic rings. The summed E-state index contributed by atoms with van der Waals surface area (Å²) in [4.78, 5) is 16.0. The molecule has 0 saturated carbocycles. The molecular formula is C20H19FN4O2S. The van der Waals surface area contributed by atoms with Crippen LogP contribution in [0.4, 0.5) is 10.1 Å².